The number of amides is 2. The van der Waals surface area contributed by atoms with Gasteiger partial charge in [-0.3, -0.25) is 13.9 Å². The maximum atomic E-state index is 15.1. The zero-order chi connectivity index (χ0) is 27.3. The zero-order valence-corrected chi connectivity index (χ0v) is 22.5. The highest BCUT2D eigenvalue weighted by Crippen LogP contribution is 2.39. The van der Waals surface area contributed by atoms with E-state index in [4.69, 9.17) is 5.73 Å². The second kappa shape index (κ2) is 9.73. The van der Waals surface area contributed by atoms with Crippen LogP contribution in [0.1, 0.15) is 53.2 Å². The van der Waals surface area contributed by atoms with Gasteiger partial charge >= 0.3 is 0 Å². The lowest BCUT2D eigenvalue weighted by molar-refractivity contribution is -0.128. The van der Waals surface area contributed by atoms with Crippen LogP contribution in [0, 0.1) is 24.6 Å². The highest BCUT2D eigenvalue weighted by atomic mass is 28.3. The Morgan fingerprint density at radius 3 is 2.71 bits per heavy atom. The van der Waals surface area contributed by atoms with E-state index in [0.29, 0.717) is 29.6 Å². The molecular weight excluding hydrogens is 505 g/mol. The molecule has 10 nitrogen and oxygen atoms in total. The Morgan fingerprint density at radius 1 is 1.37 bits per heavy atom. The number of nitrogens with two attached hydrogens (primary N) is 1. The molecule has 2 fully saturated rings. The third kappa shape index (κ3) is 4.37. The van der Waals surface area contributed by atoms with Gasteiger partial charge in [0.05, 0.1) is 28.7 Å². The number of primary amides is 1. The van der Waals surface area contributed by atoms with Crippen molar-refractivity contribution in [1.29, 1.82) is 0 Å². The van der Waals surface area contributed by atoms with Gasteiger partial charge in [0.1, 0.15) is 28.7 Å². The number of imidazole rings is 1. The summed E-state index contributed by atoms with van der Waals surface area (Å²) in [7, 11) is 0.0323. The number of rotatable bonds is 6. The molecule has 1 aliphatic heterocycles. The molecule has 0 bridgehead atoms. The normalized spacial score (nSPS) is 18.3. The molecule has 1 aliphatic carbocycles. The number of aromatic nitrogens is 4. The highest BCUT2D eigenvalue weighted by molar-refractivity contribution is 6.59. The second-order valence-electron chi connectivity index (χ2n) is 9.68. The number of nitrogens with zero attached hydrogens (tertiary/aromatic N) is 5. The van der Waals surface area contributed by atoms with Crippen molar-refractivity contribution in [1.82, 2.24) is 23.9 Å². The van der Waals surface area contributed by atoms with Gasteiger partial charge in [-0.05, 0) is 50.8 Å². The summed E-state index contributed by atoms with van der Waals surface area (Å²) in [5.74, 6) is 5.37. The van der Waals surface area contributed by atoms with Crippen LogP contribution in [0.2, 0.25) is 6.04 Å². The maximum Gasteiger partial charge on any atom is 0.255 e. The Labute approximate surface area is 221 Å². The van der Waals surface area contributed by atoms with E-state index in [2.05, 4.69) is 38.4 Å². The van der Waals surface area contributed by atoms with E-state index in [0.717, 1.165) is 24.2 Å². The number of nitrogens with one attached hydrogen (secondary N) is 1. The Morgan fingerprint density at radius 2 is 2.11 bits per heavy atom. The van der Waals surface area contributed by atoms with Crippen molar-refractivity contribution in [3.05, 3.63) is 53.3 Å². The third-order valence-corrected chi connectivity index (χ3v) is 9.58. The van der Waals surface area contributed by atoms with E-state index in [-0.39, 0.29) is 22.7 Å². The standard InChI is InChI=1S/C26H29FN7O3Si/c1-5-23(36)32-13-38(12-22(32)14(2)35)34-26(29-4)24(25(28)37)19(31-34)9-6-16-10-20-21(11-18(16)27)33(15(3)30-20)17-7-8-17/h5,10-11,14,17,22,29,35H,1,7-8,12-13H2,2-4H3,(H2,28,37)/t14-,22+/m0/s1. The first-order valence-corrected chi connectivity index (χ1v) is 14.3. The molecule has 12 heteroatoms. The van der Waals surface area contributed by atoms with Crippen LogP contribution >= 0.6 is 0 Å². The van der Waals surface area contributed by atoms with Crippen molar-refractivity contribution in [2.45, 2.75) is 50.9 Å². The van der Waals surface area contributed by atoms with E-state index in [1.165, 1.54) is 12.1 Å². The minimum atomic E-state index is -1.61. The van der Waals surface area contributed by atoms with Crippen molar-refractivity contribution in [3.8, 4) is 11.8 Å². The quantitative estimate of drug-likeness (QED) is 0.251. The minimum Gasteiger partial charge on any atom is -0.391 e. The highest BCUT2D eigenvalue weighted by Gasteiger charge is 2.41. The van der Waals surface area contributed by atoms with E-state index in [1.807, 2.05) is 6.92 Å². The molecule has 0 unspecified atom stereocenters. The average molecular weight is 535 g/mol. The number of anilines is 1. The summed E-state index contributed by atoms with van der Waals surface area (Å²) in [6.45, 7) is 7.10. The fraction of sp³-hybridized carbons (Fsp3) is 0.385. The van der Waals surface area contributed by atoms with Gasteiger partial charge in [-0.1, -0.05) is 12.5 Å². The van der Waals surface area contributed by atoms with Crippen LogP contribution in [-0.2, 0) is 4.79 Å². The van der Waals surface area contributed by atoms with E-state index in [1.54, 1.807) is 29.3 Å². The maximum absolute atomic E-state index is 15.1. The van der Waals surface area contributed by atoms with Gasteiger partial charge in [-0.2, -0.15) is 5.10 Å². The smallest absolute Gasteiger partial charge is 0.255 e. The van der Waals surface area contributed by atoms with Crippen LogP contribution in [0.25, 0.3) is 11.0 Å². The van der Waals surface area contributed by atoms with Crippen LogP contribution in [-0.4, -0.2) is 75.1 Å². The Kier molecular flexibility index (Phi) is 6.58. The lowest BCUT2D eigenvalue weighted by Gasteiger charge is -2.25. The number of halogens is 1. The SMILES string of the molecule is C=CC(=O)N1C[Si](n2nc(C#Cc3cc4nc(C)n(C5CC5)c4cc3F)c(C(N)=O)c2NC)C[C@@H]1[C@H](C)O. The Balaban J connectivity index is 1.54. The number of fused-ring (bicyclic) bond motifs is 1. The monoisotopic (exact) mass is 534 g/mol. The number of carbonyl (C=O) groups is 2. The molecule has 2 aliphatic rings. The molecule has 1 saturated heterocycles. The number of aliphatic hydroxyl groups excluding tert-OH is 1. The summed E-state index contributed by atoms with van der Waals surface area (Å²) in [4.78, 5) is 31.0. The molecule has 1 saturated carbocycles. The van der Waals surface area contributed by atoms with Crippen molar-refractivity contribution < 1.29 is 19.1 Å². The van der Waals surface area contributed by atoms with E-state index < -0.39 is 32.8 Å². The van der Waals surface area contributed by atoms with Gasteiger partial charge < -0.3 is 25.6 Å². The molecular formula is C26H29FN7O3Si. The first kappa shape index (κ1) is 25.7. The number of aryl methyl sites for hydroxylation is 1. The fourth-order valence-electron chi connectivity index (χ4n) is 5.12. The molecule has 0 spiro atoms. The lowest BCUT2D eigenvalue weighted by Crippen LogP contribution is -2.41. The van der Waals surface area contributed by atoms with Crippen molar-refractivity contribution in [3.63, 3.8) is 0 Å². The average Bonchev–Trinajstić information content (AvgIpc) is 3.35. The Hall–Kier alpha value is -3.95. The number of hydrogen-bond donors (Lipinski definition) is 3. The number of carbonyl (C=O) groups excluding carboxylic acids is 2. The summed E-state index contributed by atoms with van der Waals surface area (Å²) in [6, 6.07) is 3.52. The molecule has 1 radical (unpaired) electrons. The van der Waals surface area contributed by atoms with Gasteiger partial charge in [-0.25, -0.2) is 9.37 Å². The molecule has 5 rings (SSSR count). The molecule has 197 valence electrons. The van der Waals surface area contributed by atoms with Gasteiger partial charge in [-0.15, -0.1) is 0 Å². The second-order valence-corrected chi connectivity index (χ2v) is 12.0. The van der Waals surface area contributed by atoms with Gasteiger partial charge in [0.2, 0.25) is 14.9 Å². The molecule has 2 aromatic heterocycles. The van der Waals surface area contributed by atoms with Crippen LogP contribution in [0.3, 0.4) is 0 Å². The summed E-state index contributed by atoms with van der Waals surface area (Å²) in [5.41, 5.74) is 7.45. The number of aliphatic hydroxyl groups is 1. The predicted octanol–water partition coefficient (Wildman–Crippen LogP) is 1.71. The molecule has 2 atom stereocenters. The van der Waals surface area contributed by atoms with Crippen LogP contribution in [0.4, 0.5) is 10.2 Å². The van der Waals surface area contributed by atoms with Gasteiger partial charge in [0.15, 0.2) is 0 Å². The molecule has 3 heterocycles. The topological polar surface area (TPSA) is 131 Å². The molecule has 2 amide bonds. The molecule has 4 N–H and O–H groups in total. The van der Waals surface area contributed by atoms with Crippen LogP contribution in [0.5, 0.6) is 0 Å². The van der Waals surface area contributed by atoms with Crippen molar-refractivity contribution in [2.75, 3.05) is 18.5 Å². The van der Waals surface area contributed by atoms with Crippen molar-refractivity contribution >= 4 is 37.6 Å². The number of benzene rings is 1. The molecule has 1 aromatic carbocycles. The van der Waals surface area contributed by atoms with Gasteiger partial charge in [0.25, 0.3) is 5.91 Å². The zero-order valence-electron chi connectivity index (χ0n) is 21.5. The third-order valence-electron chi connectivity index (χ3n) is 7.06. The van der Waals surface area contributed by atoms with E-state index >= 15 is 4.39 Å². The first-order valence-electron chi connectivity index (χ1n) is 12.4. The molecule has 3 aromatic rings. The molecule has 38 heavy (non-hydrogen) atoms. The Bertz CT molecular complexity index is 1530. The van der Waals surface area contributed by atoms with E-state index in [9.17, 15) is 14.7 Å². The summed E-state index contributed by atoms with van der Waals surface area (Å²) in [5, 5.41) is 17.9. The van der Waals surface area contributed by atoms with Crippen LogP contribution < -0.4 is 11.1 Å². The lowest BCUT2D eigenvalue weighted by atomic mass is 10.1. The van der Waals surface area contributed by atoms with Gasteiger partial charge in [0, 0.05) is 25.3 Å². The summed E-state index contributed by atoms with van der Waals surface area (Å²) < 4.78 is 18.8. The predicted molar refractivity (Wildman–Crippen MR) is 142 cm³/mol. The first-order chi connectivity index (χ1) is 18.1. The van der Waals surface area contributed by atoms with Crippen LogP contribution in [0.15, 0.2) is 24.8 Å². The number of hydrogen-bond acceptors (Lipinski definition) is 6. The summed E-state index contributed by atoms with van der Waals surface area (Å²) >= 11 is 0. The fourth-order valence-corrected chi connectivity index (χ4v) is 8.17. The summed E-state index contributed by atoms with van der Waals surface area (Å²) in [6.07, 6.45) is 2.93. The minimum absolute atomic E-state index is 0.0925. The largest absolute Gasteiger partial charge is 0.391 e. The van der Waals surface area contributed by atoms with Crippen molar-refractivity contribution in [2.24, 2.45) is 5.73 Å².